The maximum atomic E-state index is 13.4. The Morgan fingerprint density at radius 3 is 2.56 bits per heavy atom. The quantitative estimate of drug-likeness (QED) is 0.493. The van der Waals surface area contributed by atoms with Crippen LogP contribution < -0.4 is 26.0 Å². The Morgan fingerprint density at radius 1 is 1.00 bits per heavy atom. The number of carbonyl (C=O) groups excluding carboxylic acids is 1. The fourth-order valence-electron chi connectivity index (χ4n) is 4.15. The minimum absolute atomic E-state index is 0.000481. The molecular formula is C25H22N4O5. The Balaban J connectivity index is 1.53. The number of nitrogens with one attached hydrogen (secondary N) is 1. The van der Waals surface area contributed by atoms with E-state index in [0.29, 0.717) is 28.3 Å². The number of aryl methyl sites for hydroxylation is 2. The zero-order valence-electron chi connectivity index (χ0n) is 18.7. The first-order chi connectivity index (χ1) is 16.4. The van der Waals surface area contributed by atoms with Crippen molar-refractivity contribution in [3.05, 3.63) is 92.3 Å². The SMILES string of the molecule is Cc1cc(C)cc(NC(=O)Cn2c(=O)n(Cc3ccc4c(c3)OCO4)c(=O)c3ncccc32)c1. The molecule has 0 bridgehead atoms. The molecule has 0 saturated heterocycles. The molecule has 1 N–H and O–H groups in total. The third-order valence-corrected chi connectivity index (χ3v) is 5.57. The number of amides is 1. The third-order valence-electron chi connectivity index (χ3n) is 5.57. The van der Waals surface area contributed by atoms with Gasteiger partial charge in [-0.15, -0.1) is 0 Å². The molecular weight excluding hydrogens is 436 g/mol. The molecule has 0 fully saturated rings. The lowest BCUT2D eigenvalue weighted by Crippen LogP contribution is -2.42. The number of pyridine rings is 1. The Labute approximate surface area is 194 Å². The highest BCUT2D eigenvalue weighted by Gasteiger charge is 2.18. The summed E-state index contributed by atoms with van der Waals surface area (Å²) in [7, 11) is 0. The van der Waals surface area contributed by atoms with Crippen molar-refractivity contribution in [2.75, 3.05) is 12.1 Å². The maximum absolute atomic E-state index is 13.4. The number of hydrogen-bond donors (Lipinski definition) is 1. The van der Waals surface area contributed by atoms with Crippen LogP contribution in [0.1, 0.15) is 16.7 Å². The molecule has 34 heavy (non-hydrogen) atoms. The minimum atomic E-state index is -0.598. The lowest BCUT2D eigenvalue weighted by atomic mass is 10.1. The largest absolute Gasteiger partial charge is 0.454 e. The van der Waals surface area contributed by atoms with Gasteiger partial charge in [0, 0.05) is 11.9 Å². The van der Waals surface area contributed by atoms with Gasteiger partial charge in [-0.1, -0.05) is 12.1 Å². The van der Waals surface area contributed by atoms with E-state index in [9.17, 15) is 14.4 Å². The van der Waals surface area contributed by atoms with Gasteiger partial charge >= 0.3 is 5.69 Å². The van der Waals surface area contributed by atoms with Crippen molar-refractivity contribution < 1.29 is 14.3 Å². The average Bonchev–Trinajstić information content (AvgIpc) is 3.27. The first kappa shape index (κ1) is 21.4. The molecule has 0 saturated carbocycles. The molecule has 5 rings (SSSR count). The van der Waals surface area contributed by atoms with Crippen molar-refractivity contribution in [3.8, 4) is 11.5 Å². The highest BCUT2D eigenvalue weighted by Crippen LogP contribution is 2.32. The predicted octanol–water partition coefficient (Wildman–Crippen LogP) is 2.59. The van der Waals surface area contributed by atoms with Gasteiger partial charge in [0.25, 0.3) is 5.56 Å². The summed E-state index contributed by atoms with van der Waals surface area (Å²) < 4.78 is 13.1. The van der Waals surface area contributed by atoms with Crippen LogP contribution in [-0.4, -0.2) is 26.8 Å². The van der Waals surface area contributed by atoms with E-state index in [2.05, 4.69) is 10.3 Å². The van der Waals surface area contributed by atoms with E-state index in [-0.39, 0.29) is 31.3 Å². The Hall–Kier alpha value is -4.40. The summed E-state index contributed by atoms with van der Waals surface area (Å²) in [6, 6.07) is 14.2. The molecule has 9 heteroatoms. The van der Waals surface area contributed by atoms with Crippen LogP contribution in [0.3, 0.4) is 0 Å². The number of aromatic nitrogens is 3. The van der Waals surface area contributed by atoms with E-state index in [4.69, 9.17) is 9.47 Å². The minimum Gasteiger partial charge on any atom is -0.454 e. The van der Waals surface area contributed by atoms with Gasteiger partial charge in [0.15, 0.2) is 17.0 Å². The maximum Gasteiger partial charge on any atom is 0.332 e. The Morgan fingerprint density at radius 2 is 1.76 bits per heavy atom. The number of nitrogens with zero attached hydrogens (tertiary/aromatic N) is 3. The van der Waals surface area contributed by atoms with E-state index in [1.54, 1.807) is 30.3 Å². The molecule has 2 aromatic carbocycles. The molecule has 9 nitrogen and oxygen atoms in total. The van der Waals surface area contributed by atoms with Crippen LogP contribution in [0.2, 0.25) is 0 Å². The second kappa shape index (κ2) is 8.51. The molecule has 4 aromatic rings. The molecule has 1 amide bonds. The number of benzene rings is 2. The lowest BCUT2D eigenvalue weighted by molar-refractivity contribution is -0.116. The van der Waals surface area contributed by atoms with E-state index < -0.39 is 11.2 Å². The van der Waals surface area contributed by atoms with Crippen molar-refractivity contribution in [3.63, 3.8) is 0 Å². The van der Waals surface area contributed by atoms with Crippen molar-refractivity contribution in [1.82, 2.24) is 14.1 Å². The molecule has 0 radical (unpaired) electrons. The van der Waals surface area contributed by atoms with Crippen LogP contribution in [0.15, 0.2) is 64.3 Å². The molecule has 0 atom stereocenters. The summed E-state index contributed by atoms with van der Waals surface area (Å²) in [5.41, 5.74) is 2.65. The summed E-state index contributed by atoms with van der Waals surface area (Å²) in [6.07, 6.45) is 1.49. The fraction of sp³-hybridized carbons (Fsp3) is 0.200. The van der Waals surface area contributed by atoms with Crippen molar-refractivity contribution in [2.24, 2.45) is 0 Å². The first-order valence-electron chi connectivity index (χ1n) is 10.7. The molecule has 1 aliphatic heterocycles. The number of fused-ring (bicyclic) bond motifs is 2. The number of anilines is 1. The van der Waals surface area contributed by atoms with Crippen LogP contribution in [-0.2, 0) is 17.9 Å². The number of rotatable bonds is 5. The molecule has 2 aromatic heterocycles. The van der Waals surface area contributed by atoms with Crippen LogP contribution in [0, 0.1) is 13.8 Å². The van der Waals surface area contributed by atoms with E-state index >= 15 is 0 Å². The fourth-order valence-corrected chi connectivity index (χ4v) is 4.15. The van der Waals surface area contributed by atoms with Gasteiger partial charge < -0.3 is 14.8 Å². The predicted molar refractivity (Wildman–Crippen MR) is 126 cm³/mol. The van der Waals surface area contributed by atoms with Gasteiger partial charge in [0.05, 0.1) is 12.1 Å². The van der Waals surface area contributed by atoms with Gasteiger partial charge in [0.2, 0.25) is 12.7 Å². The zero-order chi connectivity index (χ0) is 23.8. The number of hydrogen-bond acceptors (Lipinski definition) is 6. The summed E-state index contributed by atoms with van der Waals surface area (Å²) in [6.45, 7) is 3.74. The van der Waals surface area contributed by atoms with Crippen molar-refractivity contribution in [2.45, 2.75) is 26.9 Å². The number of carbonyl (C=O) groups is 1. The van der Waals surface area contributed by atoms with Crippen LogP contribution in [0.25, 0.3) is 11.0 Å². The second-order valence-corrected chi connectivity index (χ2v) is 8.24. The molecule has 0 unspecified atom stereocenters. The standard InChI is InChI=1S/C25H22N4O5/c1-15-8-16(2)10-18(9-15)27-22(30)13-28-19-4-3-7-26-23(19)24(31)29(25(28)32)12-17-5-6-20-21(11-17)34-14-33-20/h3-11H,12-14H2,1-2H3,(H,27,30). The topological polar surface area (TPSA) is 104 Å². The molecule has 0 spiro atoms. The average molecular weight is 458 g/mol. The summed E-state index contributed by atoms with van der Waals surface area (Å²) in [5.74, 6) is 0.778. The summed E-state index contributed by atoms with van der Waals surface area (Å²) in [5, 5.41) is 2.84. The van der Waals surface area contributed by atoms with Crippen LogP contribution in [0.4, 0.5) is 5.69 Å². The summed E-state index contributed by atoms with van der Waals surface area (Å²) in [4.78, 5) is 43.6. The zero-order valence-corrected chi connectivity index (χ0v) is 18.7. The van der Waals surface area contributed by atoms with E-state index in [0.717, 1.165) is 15.7 Å². The second-order valence-electron chi connectivity index (χ2n) is 8.24. The molecule has 0 aliphatic carbocycles. The van der Waals surface area contributed by atoms with Crippen LogP contribution in [0.5, 0.6) is 11.5 Å². The molecule has 172 valence electrons. The van der Waals surface area contributed by atoms with Crippen molar-refractivity contribution in [1.29, 1.82) is 0 Å². The van der Waals surface area contributed by atoms with E-state index in [1.165, 1.54) is 10.8 Å². The lowest BCUT2D eigenvalue weighted by Gasteiger charge is -2.14. The van der Waals surface area contributed by atoms with E-state index in [1.807, 2.05) is 32.0 Å². The van der Waals surface area contributed by atoms with Gasteiger partial charge in [-0.25, -0.2) is 9.78 Å². The Kier molecular flexibility index (Phi) is 5.37. The normalized spacial score (nSPS) is 12.2. The monoisotopic (exact) mass is 458 g/mol. The van der Waals surface area contributed by atoms with Crippen LogP contribution >= 0.6 is 0 Å². The summed E-state index contributed by atoms with van der Waals surface area (Å²) >= 11 is 0. The highest BCUT2D eigenvalue weighted by molar-refractivity contribution is 5.91. The van der Waals surface area contributed by atoms with Gasteiger partial charge in [-0.3, -0.25) is 18.7 Å². The van der Waals surface area contributed by atoms with Gasteiger partial charge in [-0.2, -0.15) is 0 Å². The third kappa shape index (κ3) is 4.03. The van der Waals surface area contributed by atoms with Gasteiger partial charge in [0.1, 0.15) is 6.54 Å². The highest BCUT2D eigenvalue weighted by atomic mass is 16.7. The number of ether oxygens (including phenoxy) is 2. The van der Waals surface area contributed by atoms with Gasteiger partial charge in [-0.05, 0) is 66.9 Å². The Bertz CT molecular complexity index is 1530. The smallest absolute Gasteiger partial charge is 0.332 e. The van der Waals surface area contributed by atoms with Crippen molar-refractivity contribution >= 4 is 22.6 Å². The molecule has 1 aliphatic rings. The first-order valence-corrected chi connectivity index (χ1v) is 10.7. The molecule has 3 heterocycles.